The first-order valence-corrected chi connectivity index (χ1v) is 10.5. The largest absolute Gasteiger partial charge is 0.497 e. The molecular formula is C20H25NO4S. The van der Waals surface area contributed by atoms with Crippen LogP contribution < -0.4 is 9.46 Å². The molecule has 1 saturated carbocycles. The van der Waals surface area contributed by atoms with Gasteiger partial charge in [-0.25, -0.2) is 13.1 Å². The van der Waals surface area contributed by atoms with Gasteiger partial charge in [-0.2, -0.15) is 0 Å². The van der Waals surface area contributed by atoms with Crippen LogP contribution in [0.5, 0.6) is 5.75 Å². The highest BCUT2D eigenvalue weighted by molar-refractivity contribution is 7.89. The van der Waals surface area contributed by atoms with E-state index >= 15 is 0 Å². The molecule has 26 heavy (non-hydrogen) atoms. The zero-order chi connectivity index (χ0) is 18.6. The molecule has 0 bridgehead atoms. The second kappa shape index (κ2) is 7.78. The van der Waals surface area contributed by atoms with Gasteiger partial charge < -0.3 is 9.84 Å². The number of aliphatic hydroxyl groups is 1. The summed E-state index contributed by atoms with van der Waals surface area (Å²) in [6.45, 7) is 0.00657. The van der Waals surface area contributed by atoms with Crippen LogP contribution in [0.3, 0.4) is 0 Å². The quantitative estimate of drug-likeness (QED) is 0.706. The molecule has 3 rings (SSSR count). The lowest BCUT2D eigenvalue weighted by atomic mass is 9.89. The number of nitrogens with one attached hydrogen (secondary N) is 1. The van der Waals surface area contributed by atoms with E-state index in [1.54, 1.807) is 7.11 Å². The van der Waals surface area contributed by atoms with Gasteiger partial charge in [0.25, 0.3) is 0 Å². The highest BCUT2D eigenvalue weighted by Crippen LogP contribution is 2.45. The Labute approximate surface area is 155 Å². The van der Waals surface area contributed by atoms with Crippen molar-refractivity contribution in [3.8, 4) is 5.75 Å². The summed E-state index contributed by atoms with van der Waals surface area (Å²) in [4.78, 5) is 0. The van der Waals surface area contributed by atoms with Crippen molar-refractivity contribution in [1.29, 1.82) is 0 Å². The highest BCUT2D eigenvalue weighted by atomic mass is 32.2. The summed E-state index contributed by atoms with van der Waals surface area (Å²) in [5, 5.41) is 11.1. The number of aryl methyl sites for hydroxylation is 1. The van der Waals surface area contributed by atoms with Gasteiger partial charge >= 0.3 is 0 Å². The van der Waals surface area contributed by atoms with Crippen LogP contribution in [0.1, 0.15) is 24.0 Å². The summed E-state index contributed by atoms with van der Waals surface area (Å²) in [5.74, 6) is 0.829. The number of ether oxygens (including phenoxy) is 1. The molecule has 2 N–H and O–H groups in total. The molecule has 2 aromatic rings. The maximum Gasteiger partial charge on any atom is 0.212 e. The number of rotatable bonds is 9. The van der Waals surface area contributed by atoms with Crippen molar-refractivity contribution in [3.05, 3.63) is 65.7 Å². The van der Waals surface area contributed by atoms with Gasteiger partial charge in [0.1, 0.15) is 11.4 Å². The molecule has 0 unspecified atom stereocenters. The van der Waals surface area contributed by atoms with Crippen molar-refractivity contribution < 1.29 is 18.3 Å². The molecule has 5 nitrogen and oxygen atoms in total. The zero-order valence-corrected chi connectivity index (χ0v) is 15.7. The number of hydrogen-bond acceptors (Lipinski definition) is 4. The van der Waals surface area contributed by atoms with Crippen LogP contribution in [-0.4, -0.2) is 32.9 Å². The summed E-state index contributed by atoms with van der Waals surface area (Å²) in [6, 6.07) is 16.7. The van der Waals surface area contributed by atoms with E-state index in [4.69, 9.17) is 4.74 Å². The molecule has 1 aliphatic carbocycles. The summed E-state index contributed by atoms with van der Waals surface area (Å²) in [7, 11) is -1.89. The summed E-state index contributed by atoms with van der Waals surface area (Å²) in [6.07, 6.45) is 2.24. The molecule has 1 aliphatic rings. The number of benzene rings is 2. The normalized spacial score (nSPS) is 16.8. The standard InChI is InChI=1S/C20H25NO4S/c1-25-19-11-7-16(8-12-19)13-14-26(23,24)21-15-20(22,18-9-10-18)17-5-3-2-4-6-17/h2-8,11-12,18,21-22H,9-10,13-15H2,1H3/t20-/m0/s1. The average Bonchev–Trinajstić information content (AvgIpc) is 3.51. The first-order chi connectivity index (χ1) is 12.4. The topological polar surface area (TPSA) is 75.6 Å². The molecule has 2 aromatic carbocycles. The van der Waals surface area contributed by atoms with Crippen LogP contribution in [0.25, 0.3) is 0 Å². The molecule has 0 amide bonds. The fourth-order valence-corrected chi connectivity index (χ4v) is 4.20. The van der Waals surface area contributed by atoms with Crippen molar-refractivity contribution in [1.82, 2.24) is 4.72 Å². The van der Waals surface area contributed by atoms with Crippen molar-refractivity contribution in [3.63, 3.8) is 0 Å². The smallest absolute Gasteiger partial charge is 0.212 e. The maximum absolute atomic E-state index is 12.4. The van der Waals surface area contributed by atoms with Crippen molar-refractivity contribution >= 4 is 10.0 Å². The van der Waals surface area contributed by atoms with Crippen molar-refractivity contribution in [2.75, 3.05) is 19.4 Å². The third-order valence-corrected chi connectivity index (χ3v) is 6.23. The van der Waals surface area contributed by atoms with Gasteiger partial charge in [-0.1, -0.05) is 42.5 Å². The Morgan fingerprint density at radius 2 is 1.77 bits per heavy atom. The number of sulfonamides is 1. The monoisotopic (exact) mass is 375 g/mol. The van der Waals surface area contributed by atoms with Gasteiger partial charge in [0.05, 0.1) is 12.9 Å². The first kappa shape index (κ1) is 18.9. The van der Waals surface area contributed by atoms with Crippen molar-refractivity contribution in [2.45, 2.75) is 24.9 Å². The lowest BCUT2D eigenvalue weighted by Crippen LogP contribution is -2.43. The van der Waals surface area contributed by atoms with Gasteiger partial charge in [0.2, 0.25) is 10.0 Å². The first-order valence-electron chi connectivity index (χ1n) is 8.81. The van der Waals surface area contributed by atoms with Gasteiger partial charge in [0.15, 0.2) is 0 Å². The third kappa shape index (κ3) is 4.63. The molecule has 1 atom stereocenters. The van der Waals surface area contributed by atoms with Crippen LogP contribution >= 0.6 is 0 Å². The molecule has 0 heterocycles. The number of hydrogen-bond donors (Lipinski definition) is 2. The molecule has 6 heteroatoms. The van der Waals surface area contributed by atoms with E-state index in [0.717, 1.165) is 29.7 Å². The Balaban J connectivity index is 1.61. The molecule has 0 aliphatic heterocycles. The van der Waals surface area contributed by atoms with Gasteiger partial charge in [0, 0.05) is 6.54 Å². The molecule has 1 fully saturated rings. The summed E-state index contributed by atoms with van der Waals surface area (Å²) in [5.41, 5.74) is 0.547. The van der Waals surface area contributed by atoms with E-state index in [-0.39, 0.29) is 18.2 Å². The molecule has 140 valence electrons. The second-order valence-corrected chi connectivity index (χ2v) is 8.73. The number of methoxy groups -OCH3 is 1. The molecular weight excluding hydrogens is 350 g/mol. The summed E-state index contributed by atoms with van der Waals surface area (Å²) >= 11 is 0. The minimum Gasteiger partial charge on any atom is -0.497 e. The van der Waals surface area contributed by atoms with E-state index < -0.39 is 15.6 Å². The second-order valence-electron chi connectivity index (χ2n) is 6.80. The van der Waals surface area contributed by atoms with Gasteiger partial charge in [-0.05, 0) is 48.4 Å². The van der Waals surface area contributed by atoms with E-state index in [2.05, 4.69) is 4.72 Å². The lowest BCUT2D eigenvalue weighted by Gasteiger charge is -2.29. The zero-order valence-electron chi connectivity index (χ0n) is 14.9. The van der Waals surface area contributed by atoms with Crippen LogP contribution in [0.15, 0.2) is 54.6 Å². The lowest BCUT2D eigenvalue weighted by molar-refractivity contribution is 0.0185. The average molecular weight is 375 g/mol. The Bertz CT molecular complexity index is 817. The van der Waals surface area contributed by atoms with E-state index in [0.29, 0.717) is 6.42 Å². The van der Waals surface area contributed by atoms with Crippen LogP contribution in [0, 0.1) is 5.92 Å². The minimum atomic E-state index is -3.48. The predicted octanol–water partition coefficient (Wildman–Crippen LogP) is 2.45. The predicted molar refractivity (Wildman–Crippen MR) is 102 cm³/mol. The highest BCUT2D eigenvalue weighted by Gasteiger charge is 2.45. The Kier molecular flexibility index (Phi) is 5.65. The molecule has 0 aromatic heterocycles. The van der Waals surface area contributed by atoms with Crippen LogP contribution in [0.2, 0.25) is 0 Å². The Morgan fingerprint density at radius 1 is 1.12 bits per heavy atom. The van der Waals surface area contributed by atoms with Crippen LogP contribution in [0.4, 0.5) is 0 Å². The van der Waals surface area contributed by atoms with Crippen molar-refractivity contribution in [2.24, 2.45) is 5.92 Å². The fraction of sp³-hybridized carbons (Fsp3) is 0.400. The van der Waals surface area contributed by atoms with E-state index in [1.165, 1.54) is 0 Å². The minimum absolute atomic E-state index is 0.00657. The summed E-state index contributed by atoms with van der Waals surface area (Å²) < 4.78 is 32.5. The Morgan fingerprint density at radius 3 is 2.35 bits per heavy atom. The Hall–Kier alpha value is -1.89. The van der Waals surface area contributed by atoms with E-state index in [9.17, 15) is 13.5 Å². The SMILES string of the molecule is COc1ccc(CCS(=O)(=O)NC[C@](O)(c2ccccc2)C2CC2)cc1. The molecule has 0 saturated heterocycles. The fourth-order valence-electron chi connectivity index (χ4n) is 3.11. The third-order valence-electron chi connectivity index (χ3n) is 4.91. The van der Waals surface area contributed by atoms with Gasteiger partial charge in [-0.3, -0.25) is 0 Å². The van der Waals surface area contributed by atoms with Gasteiger partial charge in [-0.15, -0.1) is 0 Å². The molecule has 0 spiro atoms. The molecule has 0 radical (unpaired) electrons. The van der Waals surface area contributed by atoms with Crippen LogP contribution in [-0.2, 0) is 22.0 Å². The van der Waals surface area contributed by atoms with E-state index in [1.807, 2.05) is 54.6 Å². The maximum atomic E-state index is 12.4.